The van der Waals surface area contributed by atoms with Gasteiger partial charge in [0.1, 0.15) is 5.02 Å². The maximum Gasteiger partial charge on any atom is 0.332 e. The van der Waals surface area contributed by atoms with Gasteiger partial charge in [0.05, 0.1) is 11.6 Å². The standard InChI is InChI=1S/C23H21Cl3N4O4/c1-2-28-20-19(21(32)29(23(28)33)11-4-12-31)30(13-14-7-9-15(24)10-8-14)22(27-20)34-17-6-3-5-16(25)18(17)26/h3,5-10,31H,2,4,11-13H2,1H3. The monoisotopic (exact) mass is 522 g/mol. The van der Waals surface area contributed by atoms with Crippen molar-refractivity contribution in [3.63, 3.8) is 0 Å². The maximum absolute atomic E-state index is 13.5. The van der Waals surface area contributed by atoms with Crippen molar-refractivity contribution in [2.24, 2.45) is 0 Å². The Morgan fingerprint density at radius 2 is 1.74 bits per heavy atom. The SMILES string of the molecule is CCn1c(=O)n(CCCO)c(=O)c2c1nc(Oc1cccc(Cl)c1Cl)n2Cc1ccc(Cl)cc1. The van der Waals surface area contributed by atoms with E-state index in [1.807, 2.05) is 12.1 Å². The van der Waals surface area contributed by atoms with Gasteiger partial charge in [0.25, 0.3) is 5.56 Å². The summed E-state index contributed by atoms with van der Waals surface area (Å²) in [6, 6.07) is 12.1. The number of hydrogen-bond donors (Lipinski definition) is 1. The number of aliphatic hydroxyl groups excluding tert-OH is 1. The average Bonchev–Trinajstić information content (AvgIpc) is 3.16. The minimum atomic E-state index is -0.522. The topological polar surface area (TPSA) is 91.3 Å². The van der Waals surface area contributed by atoms with Crippen LogP contribution in [0.25, 0.3) is 11.2 Å². The van der Waals surface area contributed by atoms with Crippen LogP contribution in [-0.2, 0) is 19.6 Å². The fraction of sp³-hybridized carbons (Fsp3) is 0.261. The van der Waals surface area contributed by atoms with Crippen LogP contribution in [-0.4, -0.2) is 30.4 Å². The number of aliphatic hydroxyl groups is 1. The molecule has 0 radical (unpaired) electrons. The highest BCUT2D eigenvalue weighted by Gasteiger charge is 2.23. The van der Waals surface area contributed by atoms with E-state index in [2.05, 4.69) is 4.98 Å². The Hall–Kier alpha value is -2.78. The molecule has 4 rings (SSSR count). The van der Waals surface area contributed by atoms with E-state index >= 15 is 0 Å². The molecular weight excluding hydrogens is 503 g/mol. The minimum Gasteiger partial charge on any atom is -0.424 e. The van der Waals surface area contributed by atoms with E-state index in [0.717, 1.165) is 10.1 Å². The van der Waals surface area contributed by atoms with E-state index in [4.69, 9.17) is 39.5 Å². The molecule has 4 aromatic rings. The third-order valence-corrected chi connectivity index (χ3v) is 6.36. The average molecular weight is 524 g/mol. The Morgan fingerprint density at radius 1 is 1.00 bits per heavy atom. The van der Waals surface area contributed by atoms with Crippen molar-refractivity contribution in [3.8, 4) is 11.8 Å². The van der Waals surface area contributed by atoms with Gasteiger partial charge in [0, 0.05) is 24.7 Å². The quantitative estimate of drug-likeness (QED) is 0.365. The Morgan fingerprint density at radius 3 is 2.41 bits per heavy atom. The molecule has 8 nitrogen and oxygen atoms in total. The minimum absolute atomic E-state index is 0.0759. The van der Waals surface area contributed by atoms with Gasteiger partial charge in [0.2, 0.25) is 0 Å². The Bertz CT molecular complexity index is 1460. The van der Waals surface area contributed by atoms with Crippen LogP contribution in [0, 0.1) is 0 Å². The summed E-state index contributed by atoms with van der Waals surface area (Å²) in [4.78, 5) is 31.0. The van der Waals surface area contributed by atoms with Crippen molar-refractivity contribution in [1.82, 2.24) is 18.7 Å². The lowest BCUT2D eigenvalue weighted by Gasteiger charge is -2.12. The summed E-state index contributed by atoms with van der Waals surface area (Å²) in [6.45, 7) is 2.21. The fourth-order valence-corrected chi connectivity index (χ4v) is 4.10. The van der Waals surface area contributed by atoms with E-state index in [9.17, 15) is 14.7 Å². The van der Waals surface area contributed by atoms with Crippen LogP contribution < -0.4 is 16.0 Å². The predicted octanol–water partition coefficient (Wildman–Crippen LogP) is 4.56. The van der Waals surface area contributed by atoms with Crippen LogP contribution in [0.3, 0.4) is 0 Å². The van der Waals surface area contributed by atoms with Gasteiger partial charge in [-0.25, -0.2) is 4.79 Å². The third-order valence-electron chi connectivity index (χ3n) is 5.31. The molecular formula is C23H21Cl3N4O4. The molecule has 0 saturated heterocycles. The molecule has 0 saturated carbocycles. The van der Waals surface area contributed by atoms with Gasteiger partial charge < -0.3 is 9.84 Å². The first-order chi connectivity index (χ1) is 16.3. The van der Waals surface area contributed by atoms with Gasteiger partial charge in [-0.2, -0.15) is 4.98 Å². The number of rotatable bonds is 8. The second-order valence-electron chi connectivity index (χ2n) is 7.49. The number of aromatic nitrogens is 4. The molecule has 11 heteroatoms. The van der Waals surface area contributed by atoms with Crippen molar-refractivity contribution >= 4 is 46.0 Å². The molecule has 2 aromatic carbocycles. The van der Waals surface area contributed by atoms with E-state index in [1.54, 1.807) is 41.8 Å². The smallest absolute Gasteiger partial charge is 0.332 e. The van der Waals surface area contributed by atoms with E-state index in [1.165, 1.54) is 4.57 Å². The van der Waals surface area contributed by atoms with Gasteiger partial charge >= 0.3 is 11.7 Å². The molecule has 2 aromatic heterocycles. The number of halogens is 3. The Kier molecular flexibility index (Phi) is 7.33. The van der Waals surface area contributed by atoms with Crippen molar-refractivity contribution in [1.29, 1.82) is 0 Å². The molecule has 0 atom stereocenters. The molecule has 0 aliphatic heterocycles. The normalized spacial score (nSPS) is 11.3. The van der Waals surface area contributed by atoms with Crippen molar-refractivity contribution in [3.05, 3.63) is 83.9 Å². The number of aryl methyl sites for hydroxylation is 1. The van der Waals surface area contributed by atoms with Crippen LogP contribution in [0.2, 0.25) is 15.1 Å². The highest BCUT2D eigenvalue weighted by molar-refractivity contribution is 6.42. The van der Waals surface area contributed by atoms with Crippen LogP contribution in [0.1, 0.15) is 18.9 Å². The highest BCUT2D eigenvalue weighted by atomic mass is 35.5. The summed E-state index contributed by atoms with van der Waals surface area (Å²) < 4.78 is 10.1. The number of hydrogen-bond acceptors (Lipinski definition) is 5. The van der Waals surface area contributed by atoms with Gasteiger partial charge in [-0.3, -0.25) is 18.5 Å². The van der Waals surface area contributed by atoms with Crippen molar-refractivity contribution in [2.45, 2.75) is 33.0 Å². The summed E-state index contributed by atoms with van der Waals surface area (Å²) in [5.41, 5.74) is 0.201. The van der Waals surface area contributed by atoms with Crippen molar-refractivity contribution in [2.75, 3.05) is 6.61 Å². The Balaban J connectivity index is 1.98. The van der Waals surface area contributed by atoms with Crippen molar-refractivity contribution < 1.29 is 9.84 Å². The number of nitrogens with zero attached hydrogens (tertiary/aromatic N) is 4. The van der Waals surface area contributed by atoms with Gasteiger partial charge in [-0.1, -0.05) is 53.0 Å². The summed E-state index contributed by atoms with van der Waals surface area (Å²) in [6.07, 6.45) is 0.261. The molecule has 0 bridgehead atoms. The Labute approximate surface area is 209 Å². The molecule has 0 fully saturated rings. The fourth-order valence-electron chi connectivity index (χ4n) is 3.64. The zero-order valence-corrected chi connectivity index (χ0v) is 20.4. The third kappa shape index (κ3) is 4.59. The molecule has 178 valence electrons. The first kappa shape index (κ1) is 24.3. The predicted molar refractivity (Wildman–Crippen MR) is 133 cm³/mol. The molecule has 1 N–H and O–H groups in total. The maximum atomic E-state index is 13.5. The van der Waals surface area contributed by atoms with Crippen LogP contribution in [0.15, 0.2) is 52.1 Å². The highest BCUT2D eigenvalue weighted by Crippen LogP contribution is 2.35. The van der Waals surface area contributed by atoms with Crippen LogP contribution in [0.4, 0.5) is 0 Å². The zero-order valence-electron chi connectivity index (χ0n) is 18.2. The summed E-state index contributed by atoms with van der Waals surface area (Å²) in [7, 11) is 0. The molecule has 34 heavy (non-hydrogen) atoms. The van der Waals surface area contributed by atoms with E-state index in [-0.39, 0.29) is 60.6 Å². The summed E-state index contributed by atoms with van der Waals surface area (Å²) >= 11 is 18.5. The number of fused-ring (bicyclic) bond motifs is 1. The van der Waals surface area contributed by atoms with Gasteiger partial charge in [-0.05, 0) is 43.2 Å². The first-order valence-electron chi connectivity index (χ1n) is 10.6. The largest absolute Gasteiger partial charge is 0.424 e. The number of ether oxygens (including phenoxy) is 1. The van der Waals surface area contributed by atoms with E-state index in [0.29, 0.717) is 10.0 Å². The van der Waals surface area contributed by atoms with Gasteiger partial charge in [0.15, 0.2) is 16.9 Å². The second kappa shape index (κ2) is 10.2. The number of imidazole rings is 1. The number of benzene rings is 2. The van der Waals surface area contributed by atoms with Crippen LogP contribution in [0.5, 0.6) is 11.8 Å². The first-order valence-corrected chi connectivity index (χ1v) is 11.7. The van der Waals surface area contributed by atoms with Crippen LogP contribution >= 0.6 is 34.8 Å². The lowest BCUT2D eigenvalue weighted by Crippen LogP contribution is -2.40. The molecule has 2 heterocycles. The molecule has 0 spiro atoms. The molecule has 0 aliphatic carbocycles. The molecule has 0 unspecified atom stereocenters. The second-order valence-corrected chi connectivity index (χ2v) is 8.72. The lowest BCUT2D eigenvalue weighted by atomic mass is 10.2. The zero-order chi connectivity index (χ0) is 24.4. The van der Waals surface area contributed by atoms with Gasteiger partial charge in [-0.15, -0.1) is 0 Å². The molecule has 0 amide bonds. The van der Waals surface area contributed by atoms with E-state index < -0.39 is 11.2 Å². The summed E-state index contributed by atoms with van der Waals surface area (Å²) in [5.74, 6) is 0.257. The molecule has 0 aliphatic rings. The summed E-state index contributed by atoms with van der Waals surface area (Å²) in [5, 5.41) is 10.3. The lowest BCUT2D eigenvalue weighted by molar-refractivity contribution is 0.277.